The van der Waals surface area contributed by atoms with Gasteiger partial charge < -0.3 is 5.11 Å². The highest BCUT2D eigenvalue weighted by atomic mass is 32.2. The third-order valence-electron chi connectivity index (χ3n) is 3.77. The van der Waals surface area contributed by atoms with Gasteiger partial charge in [0.25, 0.3) is 0 Å². The molecule has 4 nitrogen and oxygen atoms in total. The molecular formula is C17H11FN2O2S. The summed E-state index contributed by atoms with van der Waals surface area (Å²) in [7, 11) is 0. The van der Waals surface area contributed by atoms with E-state index in [2.05, 4.69) is 5.10 Å². The number of rotatable bonds is 2. The van der Waals surface area contributed by atoms with Crippen LogP contribution in [0.1, 0.15) is 16.1 Å². The molecule has 1 aromatic heterocycles. The average molecular weight is 326 g/mol. The normalized spacial score (nSPS) is 12.6. The molecule has 0 amide bonds. The summed E-state index contributed by atoms with van der Waals surface area (Å²) in [6.07, 6.45) is 0. The Labute approximate surface area is 135 Å². The van der Waals surface area contributed by atoms with E-state index in [9.17, 15) is 14.3 Å². The van der Waals surface area contributed by atoms with Gasteiger partial charge in [0.15, 0.2) is 5.69 Å². The molecule has 114 valence electrons. The monoisotopic (exact) mass is 326 g/mol. The van der Waals surface area contributed by atoms with Gasteiger partial charge in [-0.05, 0) is 30.3 Å². The number of thioether (sulfide) groups is 1. The first-order valence-corrected chi connectivity index (χ1v) is 7.97. The molecule has 3 aromatic rings. The van der Waals surface area contributed by atoms with Crippen LogP contribution in [0.15, 0.2) is 53.4 Å². The van der Waals surface area contributed by atoms with E-state index >= 15 is 0 Å². The van der Waals surface area contributed by atoms with Gasteiger partial charge in [-0.2, -0.15) is 5.10 Å². The molecule has 1 aliphatic rings. The minimum Gasteiger partial charge on any atom is -0.476 e. The van der Waals surface area contributed by atoms with Gasteiger partial charge in [0.2, 0.25) is 0 Å². The molecule has 0 saturated carbocycles. The Balaban J connectivity index is 2.01. The second-order valence-corrected chi connectivity index (χ2v) is 6.17. The van der Waals surface area contributed by atoms with Crippen molar-refractivity contribution in [3.63, 3.8) is 0 Å². The van der Waals surface area contributed by atoms with E-state index in [-0.39, 0.29) is 11.5 Å². The molecule has 0 bridgehead atoms. The van der Waals surface area contributed by atoms with Crippen molar-refractivity contribution in [2.75, 3.05) is 0 Å². The van der Waals surface area contributed by atoms with E-state index < -0.39 is 5.97 Å². The van der Waals surface area contributed by atoms with Crippen molar-refractivity contribution in [3.8, 4) is 16.9 Å². The Morgan fingerprint density at radius 2 is 1.91 bits per heavy atom. The number of carboxylic acids is 1. The summed E-state index contributed by atoms with van der Waals surface area (Å²) in [5, 5.41) is 13.7. The largest absolute Gasteiger partial charge is 0.476 e. The van der Waals surface area contributed by atoms with Crippen molar-refractivity contribution in [3.05, 3.63) is 65.6 Å². The lowest BCUT2D eigenvalue weighted by molar-refractivity contribution is 0.0689. The Bertz CT molecular complexity index is 919. The van der Waals surface area contributed by atoms with Crippen LogP contribution >= 0.6 is 11.8 Å². The SMILES string of the molecule is O=C(O)c1nn(-c2ccc(F)cc2)c2c1CSc1ccccc1-2. The van der Waals surface area contributed by atoms with Gasteiger partial charge in [0, 0.05) is 21.8 Å². The number of benzene rings is 2. The summed E-state index contributed by atoms with van der Waals surface area (Å²) in [4.78, 5) is 12.6. The quantitative estimate of drug-likeness (QED) is 0.774. The molecule has 0 unspecified atom stereocenters. The van der Waals surface area contributed by atoms with Crippen LogP contribution in [0.5, 0.6) is 0 Å². The van der Waals surface area contributed by atoms with Gasteiger partial charge in [-0.3, -0.25) is 0 Å². The van der Waals surface area contributed by atoms with Gasteiger partial charge in [-0.15, -0.1) is 11.8 Å². The number of hydrogen-bond acceptors (Lipinski definition) is 3. The number of carbonyl (C=O) groups is 1. The number of nitrogens with zero attached hydrogens (tertiary/aromatic N) is 2. The lowest BCUT2D eigenvalue weighted by Crippen LogP contribution is -2.03. The summed E-state index contributed by atoms with van der Waals surface area (Å²) >= 11 is 1.60. The van der Waals surface area contributed by atoms with Crippen molar-refractivity contribution in [2.24, 2.45) is 0 Å². The van der Waals surface area contributed by atoms with E-state index in [1.165, 1.54) is 12.1 Å². The lowest BCUT2D eigenvalue weighted by Gasteiger charge is -2.18. The molecule has 0 saturated heterocycles. The first kappa shape index (κ1) is 14.0. The van der Waals surface area contributed by atoms with Crippen LogP contribution in [0.4, 0.5) is 4.39 Å². The number of halogens is 1. The summed E-state index contributed by atoms with van der Waals surface area (Å²) in [6, 6.07) is 13.7. The van der Waals surface area contributed by atoms with E-state index in [1.807, 2.05) is 24.3 Å². The lowest BCUT2D eigenvalue weighted by atomic mass is 10.1. The summed E-state index contributed by atoms with van der Waals surface area (Å²) in [6.45, 7) is 0. The standard InChI is InChI=1S/C17H11FN2O2S/c18-10-5-7-11(8-6-10)20-16-12-3-1-2-4-14(12)23-9-13(16)15(19-20)17(21)22/h1-8H,9H2,(H,21,22). The molecule has 2 aromatic carbocycles. The second kappa shape index (κ2) is 5.24. The van der Waals surface area contributed by atoms with Gasteiger partial charge in [-0.25, -0.2) is 13.9 Å². The number of carboxylic acid groups (broad SMARTS) is 1. The number of hydrogen-bond donors (Lipinski definition) is 1. The van der Waals surface area contributed by atoms with Crippen molar-refractivity contribution in [1.82, 2.24) is 9.78 Å². The Kier molecular flexibility index (Phi) is 3.20. The predicted octanol–water partition coefficient (Wildman–Crippen LogP) is 3.98. The Morgan fingerprint density at radius 3 is 2.65 bits per heavy atom. The van der Waals surface area contributed by atoms with Crippen molar-refractivity contribution in [1.29, 1.82) is 0 Å². The molecule has 23 heavy (non-hydrogen) atoms. The molecule has 2 heterocycles. The molecule has 4 rings (SSSR count). The van der Waals surface area contributed by atoms with Crippen LogP contribution in [-0.4, -0.2) is 20.9 Å². The molecule has 1 N–H and O–H groups in total. The summed E-state index contributed by atoms with van der Waals surface area (Å²) in [5.41, 5.74) is 3.10. The van der Waals surface area contributed by atoms with E-state index in [4.69, 9.17) is 0 Å². The van der Waals surface area contributed by atoms with Crippen molar-refractivity contribution >= 4 is 17.7 Å². The minimum absolute atomic E-state index is 0.0475. The molecule has 0 aliphatic carbocycles. The Morgan fingerprint density at radius 1 is 1.17 bits per heavy atom. The zero-order chi connectivity index (χ0) is 16.0. The highest BCUT2D eigenvalue weighted by Crippen LogP contribution is 2.43. The maximum Gasteiger partial charge on any atom is 0.356 e. The third-order valence-corrected chi connectivity index (χ3v) is 4.87. The van der Waals surface area contributed by atoms with Crippen LogP contribution in [0.2, 0.25) is 0 Å². The molecule has 6 heteroatoms. The van der Waals surface area contributed by atoms with E-state index in [0.717, 1.165) is 16.2 Å². The third kappa shape index (κ3) is 2.22. The van der Waals surface area contributed by atoms with Gasteiger partial charge in [-0.1, -0.05) is 18.2 Å². The van der Waals surface area contributed by atoms with E-state index in [0.29, 0.717) is 17.0 Å². The fraction of sp³-hybridized carbons (Fsp3) is 0.0588. The number of aromatic carboxylic acids is 1. The maximum atomic E-state index is 13.2. The zero-order valence-corrected chi connectivity index (χ0v) is 12.7. The molecule has 0 fully saturated rings. The van der Waals surface area contributed by atoms with Crippen molar-refractivity contribution < 1.29 is 14.3 Å². The molecule has 0 radical (unpaired) electrons. The second-order valence-electron chi connectivity index (χ2n) is 5.15. The summed E-state index contributed by atoms with van der Waals surface area (Å²) < 4.78 is 14.8. The average Bonchev–Trinajstić information content (AvgIpc) is 2.96. The molecule has 0 atom stereocenters. The summed E-state index contributed by atoms with van der Waals surface area (Å²) in [5.74, 6) is -0.846. The van der Waals surface area contributed by atoms with Gasteiger partial charge >= 0.3 is 5.97 Å². The number of fused-ring (bicyclic) bond motifs is 3. The maximum absolute atomic E-state index is 13.2. The van der Waals surface area contributed by atoms with Crippen LogP contribution in [0.25, 0.3) is 16.9 Å². The first-order valence-electron chi connectivity index (χ1n) is 6.98. The molecular weight excluding hydrogens is 315 g/mol. The van der Waals surface area contributed by atoms with Crippen LogP contribution in [0.3, 0.4) is 0 Å². The molecule has 0 spiro atoms. The smallest absolute Gasteiger partial charge is 0.356 e. The zero-order valence-electron chi connectivity index (χ0n) is 11.9. The number of aromatic nitrogens is 2. The van der Waals surface area contributed by atoms with Crippen LogP contribution < -0.4 is 0 Å². The van der Waals surface area contributed by atoms with E-state index in [1.54, 1.807) is 28.6 Å². The minimum atomic E-state index is -1.05. The highest BCUT2D eigenvalue weighted by Gasteiger charge is 2.28. The van der Waals surface area contributed by atoms with Gasteiger partial charge in [0.1, 0.15) is 5.82 Å². The molecule has 1 aliphatic heterocycles. The van der Waals surface area contributed by atoms with Crippen molar-refractivity contribution in [2.45, 2.75) is 10.6 Å². The van der Waals surface area contributed by atoms with Gasteiger partial charge in [0.05, 0.1) is 11.4 Å². The van der Waals surface area contributed by atoms with Crippen LogP contribution in [-0.2, 0) is 5.75 Å². The fourth-order valence-corrected chi connectivity index (χ4v) is 3.81. The fourth-order valence-electron chi connectivity index (χ4n) is 2.74. The predicted molar refractivity (Wildman–Crippen MR) is 85.5 cm³/mol. The van der Waals surface area contributed by atoms with Crippen LogP contribution in [0, 0.1) is 5.82 Å². The first-order chi connectivity index (χ1) is 11.1. The highest BCUT2D eigenvalue weighted by molar-refractivity contribution is 7.98. The Hall–Kier alpha value is -2.60. The topological polar surface area (TPSA) is 55.1 Å².